The fraction of sp³-hybridized carbons (Fsp3) is 0.975. The predicted octanol–water partition coefficient (Wildman–Crippen LogP) is 5.96. The van der Waals surface area contributed by atoms with Crippen LogP contribution in [-0.2, 0) is 23.7 Å². The minimum Gasteiger partial charge on any atom is -0.460 e. The van der Waals surface area contributed by atoms with Gasteiger partial charge in [-0.15, -0.1) is 0 Å². The van der Waals surface area contributed by atoms with E-state index >= 15 is 0 Å². The first-order valence-electron chi connectivity index (χ1n) is 19.8. The molecule has 10 unspecified atom stereocenters. The van der Waals surface area contributed by atoms with E-state index in [0.29, 0.717) is 41.0 Å². The minimum absolute atomic E-state index is 0.120. The molecule has 0 radical (unpaired) electrons. The second-order valence-corrected chi connectivity index (χ2v) is 17.9. The lowest BCUT2D eigenvalue weighted by molar-refractivity contribution is -0.253. The van der Waals surface area contributed by atoms with Gasteiger partial charge in [0.25, 0.3) is 0 Å². The van der Waals surface area contributed by atoms with Crippen molar-refractivity contribution in [2.45, 2.75) is 162 Å². The Bertz CT molecular complexity index is 1120. The van der Waals surface area contributed by atoms with Crippen LogP contribution in [0.15, 0.2) is 0 Å². The number of carbonyl (C=O) groups is 1. The monoisotopic (exact) mass is 694 g/mol. The molecule has 9 heteroatoms. The summed E-state index contributed by atoms with van der Waals surface area (Å²) in [6.45, 7) is 20.6. The van der Waals surface area contributed by atoms with Crippen LogP contribution in [-0.4, -0.2) is 102 Å². The summed E-state index contributed by atoms with van der Waals surface area (Å²) in [6.07, 6.45) is 11.5. The van der Waals surface area contributed by atoms with Crippen LogP contribution in [0.25, 0.3) is 0 Å². The van der Waals surface area contributed by atoms with Crippen LogP contribution >= 0.6 is 0 Å². The molecule has 7 aliphatic rings. The van der Waals surface area contributed by atoms with E-state index in [4.69, 9.17) is 24.1 Å². The Kier molecular flexibility index (Phi) is 12.0. The quantitative estimate of drug-likeness (QED) is 0.252. The number of morpholine rings is 1. The maximum absolute atomic E-state index is 11.7. The molecule has 0 aromatic carbocycles. The third kappa shape index (κ3) is 6.90. The van der Waals surface area contributed by atoms with Gasteiger partial charge in [0.15, 0.2) is 6.29 Å². The van der Waals surface area contributed by atoms with Gasteiger partial charge in [-0.3, -0.25) is 9.69 Å². The zero-order chi connectivity index (χ0) is 36.0. The first-order valence-corrected chi connectivity index (χ1v) is 19.8. The zero-order valence-electron chi connectivity index (χ0n) is 32.3. The van der Waals surface area contributed by atoms with Gasteiger partial charge in [0, 0.05) is 20.6 Å². The topological polar surface area (TPSA) is 118 Å². The third-order valence-corrected chi connectivity index (χ3v) is 15.1. The third-order valence-electron chi connectivity index (χ3n) is 15.1. The smallest absolute Gasteiger partial charge is 0.303 e. The van der Waals surface area contributed by atoms with Gasteiger partial charge in [0.05, 0.1) is 50.2 Å². The summed E-state index contributed by atoms with van der Waals surface area (Å²) in [6, 6.07) is 0.528. The number of carbonyl (C=O) groups excluding carboxylic acids is 1. The number of nitrogens with zero attached hydrogens (tertiary/aromatic N) is 1. The summed E-state index contributed by atoms with van der Waals surface area (Å²) >= 11 is 0. The molecule has 2 aliphatic heterocycles. The van der Waals surface area contributed by atoms with E-state index in [-0.39, 0.29) is 41.2 Å². The summed E-state index contributed by atoms with van der Waals surface area (Å²) in [5.41, 5.74) is 0.0884. The Balaban J connectivity index is 0.00000113. The normalized spacial score (nSPS) is 43.1. The molecule has 3 N–H and O–H groups in total. The minimum atomic E-state index is -1.07. The fourth-order valence-electron chi connectivity index (χ4n) is 12.7. The van der Waals surface area contributed by atoms with Gasteiger partial charge in [-0.05, 0) is 130 Å². The lowest BCUT2D eigenvalue weighted by Gasteiger charge is -2.60. The Morgan fingerprint density at radius 2 is 1.73 bits per heavy atom. The number of ether oxygens (including phenoxy) is 4. The van der Waals surface area contributed by atoms with Crippen LogP contribution in [0.1, 0.15) is 126 Å². The molecule has 5 saturated carbocycles. The van der Waals surface area contributed by atoms with Crippen LogP contribution in [0.2, 0.25) is 0 Å². The zero-order valence-corrected chi connectivity index (χ0v) is 32.3. The first kappa shape index (κ1) is 39.4. The van der Waals surface area contributed by atoms with E-state index in [1.54, 1.807) is 13.8 Å². The molecule has 2 heterocycles. The molecule has 0 aromatic rings. The van der Waals surface area contributed by atoms with Crippen molar-refractivity contribution in [3.8, 4) is 0 Å². The van der Waals surface area contributed by atoms with Gasteiger partial charge in [-0.25, -0.2) is 0 Å². The van der Waals surface area contributed by atoms with Crippen LogP contribution in [0.3, 0.4) is 0 Å². The predicted molar refractivity (Wildman–Crippen MR) is 190 cm³/mol. The van der Waals surface area contributed by atoms with Crippen molar-refractivity contribution >= 4 is 5.97 Å². The van der Waals surface area contributed by atoms with E-state index in [9.17, 15) is 15.0 Å². The van der Waals surface area contributed by atoms with Crippen LogP contribution < -0.4 is 0 Å². The van der Waals surface area contributed by atoms with Crippen molar-refractivity contribution in [2.24, 2.45) is 45.3 Å². The Hall–Kier alpha value is -0.810. The first-order chi connectivity index (χ1) is 23.2. The molecule has 0 bridgehead atoms. The van der Waals surface area contributed by atoms with Crippen molar-refractivity contribution < 1.29 is 39.1 Å². The molecule has 49 heavy (non-hydrogen) atoms. The standard InChI is InChI=1S/C37H61NO7.C2H6.CH4O/c1-23(39)44-31(34(4,5)41)9-7-8-26-28(40)18-27-25-10-11-29-33(2,3)30(45-32-19-38(16-17-43-32)24-20-42-21-24)12-13-37(29)22-36(25,37)15-14-35(26,27)6;2*1-2/h24-32,40-41H,7-22H2,1-6H3;1-2H3;2H,1H3/t25?,26?,27?,28?,29?,30?,31-,32?,35?,36?,37?;;/m0../s1. The highest BCUT2D eigenvalue weighted by Crippen LogP contribution is 2.87. The van der Waals surface area contributed by atoms with Gasteiger partial charge < -0.3 is 34.3 Å². The maximum atomic E-state index is 11.7. The fourth-order valence-corrected chi connectivity index (χ4v) is 12.7. The van der Waals surface area contributed by atoms with Crippen LogP contribution in [0.5, 0.6) is 0 Å². The SMILES string of the molecule is CC.CC(=O)O[C@@H](CCCC1C(O)CC2C3CCC4C(C)(C)C(OC5CN(C6COC6)CCO5)CCC45CC35CCC12C)C(C)(C)O.CO. The highest BCUT2D eigenvalue weighted by molar-refractivity contribution is 5.66. The van der Waals surface area contributed by atoms with Gasteiger partial charge in [-0.1, -0.05) is 34.6 Å². The van der Waals surface area contributed by atoms with Crippen molar-refractivity contribution in [2.75, 3.05) is 40.0 Å². The summed E-state index contributed by atoms with van der Waals surface area (Å²) in [7, 11) is 1.00. The average Bonchev–Trinajstić information content (AvgIpc) is 3.62. The molecule has 7 fully saturated rings. The molecule has 11 atom stereocenters. The molecule has 2 spiro atoms. The van der Waals surface area contributed by atoms with Crippen LogP contribution in [0.4, 0.5) is 0 Å². The molecular formula is C40H71NO8. The van der Waals surface area contributed by atoms with Crippen molar-refractivity contribution in [1.82, 2.24) is 4.90 Å². The lowest BCUT2D eigenvalue weighted by atomic mass is 9.46. The number of aliphatic hydroxyl groups excluding tert-OH is 2. The summed E-state index contributed by atoms with van der Waals surface area (Å²) < 4.78 is 24.0. The Morgan fingerprint density at radius 1 is 1.02 bits per heavy atom. The van der Waals surface area contributed by atoms with E-state index in [1.165, 1.54) is 45.4 Å². The van der Waals surface area contributed by atoms with Crippen molar-refractivity contribution in [3.63, 3.8) is 0 Å². The molecule has 2 saturated heterocycles. The summed E-state index contributed by atoms with van der Waals surface area (Å²) in [5.74, 6) is 1.91. The second-order valence-electron chi connectivity index (χ2n) is 17.9. The molecular weight excluding hydrogens is 622 g/mol. The van der Waals surface area contributed by atoms with E-state index in [2.05, 4.69) is 25.7 Å². The van der Waals surface area contributed by atoms with Gasteiger partial charge in [0.2, 0.25) is 0 Å². The maximum Gasteiger partial charge on any atom is 0.303 e. The number of esters is 1. The van der Waals surface area contributed by atoms with Gasteiger partial charge in [0.1, 0.15) is 6.10 Å². The lowest BCUT2D eigenvalue weighted by Crippen LogP contribution is -2.58. The van der Waals surface area contributed by atoms with Gasteiger partial charge >= 0.3 is 5.97 Å². The summed E-state index contributed by atoms with van der Waals surface area (Å²) in [5, 5.41) is 29.1. The van der Waals surface area contributed by atoms with Crippen LogP contribution in [0, 0.1) is 45.3 Å². The molecule has 0 amide bonds. The van der Waals surface area contributed by atoms with Gasteiger partial charge in [-0.2, -0.15) is 0 Å². The number of hydrogen-bond acceptors (Lipinski definition) is 9. The Morgan fingerprint density at radius 3 is 2.37 bits per heavy atom. The molecule has 284 valence electrons. The molecule has 7 rings (SSSR count). The average molecular weight is 694 g/mol. The Labute approximate surface area is 297 Å². The van der Waals surface area contributed by atoms with E-state index in [0.717, 1.165) is 65.7 Å². The van der Waals surface area contributed by atoms with E-state index < -0.39 is 11.7 Å². The largest absolute Gasteiger partial charge is 0.460 e. The molecule has 9 nitrogen and oxygen atoms in total. The molecule has 5 aliphatic carbocycles. The highest BCUT2D eigenvalue weighted by atomic mass is 16.7. The van der Waals surface area contributed by atoms with Crippen molar-refractivity contribution in [3.05, 3.63) is 0 Å². The number of hydrogen-bond donors (Lipinski definition) is 3. The van der Waals surface area contributed by atoms with E-state index in [1.807, 2.05) is 13.8 Å². The molecule has 0 aromatic heterocycles. The number of fused-ring (bicyclic) bond motifs is 2. The highest BCUT2D eigenvalue weighted by Gasteiger charge is 2.80. The summed E-state index contributed by atoms with van der Waals surface area (Å²) in [4.78, 5) is 14.2. The van der Waals surface area contributed by atoms with Crippen molar-refractivity contribution in [1.29, 1.82) is 0 Å². The second kappa shape index (κ2) is 14.9. The number of aliphatic hydroxyl groups is 3. The number of rotatable bonds is 9.